The average molecular weight is 450 g/mol. The number of Topliss-reactive ketones (excluding diaryl/α,β-unsaturated/α-hetero) is 1. The standard InChI is InChI=1S/C28H23N3O3/c1-30-22-14-8-6-12-20(22)24(25(30)19-10-3-2-4-11-19)23(32)17-31-26(33)28(29-27(31)34)16-15-18-9-5-7-13-21(18)28/h2-14H,15-17H2,1H3,(H,29,34)/t28-/m0/s1. The first-order valence-corrected chi connectivity index (χ1v) is 11.4. The SMILES string of the molecule is Cn1c(-c2ccccc2)c(C(=O)CN2C(=O)N[C@]3(CCc4ccccc43)C2=O)c2ccccc21. The van der Waals surface area contributed by atoms with Gasteiger partial charge >= 0.3 is 6.03 Å². The molecule has 1 spiro atoms. The highest BCUT2D eigenvalue weighted by molar-refractivity contribution is 6.18. The van der Waals surface area contributed by atoms with Crippen molar-refractivity contribution >= 4 is 28.6 Å². The molecule has 168 valence electrons. The summed E-state index contributed by atoms with van der Waals surface area (Å²) in [6, 6.07) is 24.6. The van der Waals surface area contributed by atoms with Crippen LogP contribution in [-0.2, 0) is 23.8 Å². The summed E-state index contributed by atoms with van der Waals surface area (Å²) in [5.41, 5.74) is 3.95. The van der Waals surface area contributed by atoms with Crippen LogP contribution in [0.1, 0.15) is 27.9 Å². The maximum atomic E-state index is 13.8. The summed E-state index contributed by atoms with van der Waals surface area (Å²) in [4.78, 5) is 41.4. The summed E-state index contributed by atoms with van der Waals surface area (Å²) < 4.78 is 2.00. The molecule has 1 aromatic heterocycles. The number of rotatable bonds is 4. The van der Waals surface area contributed by atoms with Gasteiger partial charge in [-0.3, -0.25) is 14.5 Å². The predicted molar refractivity (Wildman–Crippen MR) is 129 cm³/mol. The van der Waals surface area contributed by atoms with E-state index < -0.39 is 11.6 Å². The molecule has 6 heteroatoms. The number of carbonyl (C=O) groups excluding carboxylic acids is 3. The molecule has 6 nitrogen and oxygen atoms in total. The van der Waals surface area contributed by atoms with E-state index in [1.54, 1.807) is 0 Å². The number of nitrogens with zero attached hydrogens (tertiary/aromatic N) is 2. The number of aryl methyl sites for hydroxylation is 2. The molecule has 0 unspecified atom stereocenters. The molecule has 4 aromatic rings. The van der Waals surface area contributed by atoms with Crippen LogP contribution in [0.25, 0.3) is 22.2 Å². The summed E-state index contributed by atoms with van der Waals surface area (Å²) in [7, 11) is 1.93. The van der Waals surface area contributed by atoms with E-state index in [2.05, 4.69) is 5.32 Å². The lowest BCUT2D eigenvalue weighted by atomic mass is 9.91. The van der Waals surface area contributed by atoms with Crippen molar-refractivity contribution in [3.05, 3.63) is 95.6 Å². The first-order valence-electron chi connectivity index (χ1n) is 11.4. The lowest BCUT2D eigenvalue weighted by molar-refractivity contribution is -0.131. The number of amides is 3. The molecule has 1 atom stereocenters. The van der Waals surface area contributed by atoms with Gasteiger partial charge in [-0.1, -0.05) is 72.8 Å². The Morgan fingerprint density at radius 2 is 1.65 bits per heavy atom. The van der Waals surface area contributed by atoms with Crippen molar-refractivity contribution in [1.29, 1.82) is 0 Å². The Hall–Kier alpha value is -4.19. The summed E-state index contributed by atoms with van der Waals surface area (Å²) >= 11 is 0. The number of urea groups is 1. The monoisotopic (exact) mass is 449 g/mol. The highest BCUT2D eigenvalue weighted by Crippen LogP contribution is 2.41. The Balaban J connectivity index is 1.41. The lowest BCUT2D eigenvalue weighted by Gasteiger charge is -2.22. The minimum absolute atomic E-state index is 0.262. The Labute approximate surface area is 196 Å². The maximum absolute atomic E-state index is 13.8. The second kappa shape index (κ2) is 7.42. The summed E-state index contributed by atoms with van der Waals surface area (Å²) in [6.07, 6.45) is 1.22. The van der Waals surface area contributed by atoms with Crippen LogP contribution in [0, 0.1) is 0 Å². The summed E-state index contributed by atoms with van der Waals surface area (Å²) in [5, 5.41) is 3.72. The first kappa shape index (κ1) is 20.4. The van der Waals surface area contributed by atoms with E-state index in [4.69, 9.17) is 0 Å². The Morgan fingerprint density at radius 1 is 0.941 bits per heavy atom. The van der Waals surface area contributed by atoms with E-state index in [1.165, 1.54) is 0 Å². The molecule has 0 bridgehead atoms. The first-order chi connectivity index (χ1) is 16.5. The molecule has 2 aliphatic rings. The average Bonchev–Trinajstić information content (AvgIpc) is 3.46. The van der Waals surface area contributed by atoms with Crippen molar-refractivity contribution < 1.29 is 14.4 Å². The highest BCUT2D eigenvalue weighted by atomic mass is 16.2. The molecule has 3 aromatic carbocycles. The second-order valence-electron chi connectivity index (χ2n) is 8.97. The van der Waals surface area contributed by atoms with Crippen molar-refractivity contribution in [3.63, 3.8) is 0 Å². The molecule has 3 amide bonds. The molecule has 1 saturated heterocycles. The van der Waals surface area contributed by atoms with Crippen molar-refractivity contribution in [2.45, 2.75) is 18.4 Å². The zero-order chi connectivity index (χ0) is 23.4. The van der Waals surface area contributed by atoms with Crippen molar-refractivity contribution in [2.24, 2.45) is 7.05 Å². The van der Waals surface area contributed by atoms with Gasteiger partial charge in [0.25, 0.3) is 5.91 Å². The fourth-order valence-electron chi connectivity index (χ4n) is 5.57. The van der Waals surface area contributed by atoms with Gasteiger partial charge in [0.15, 0.2) is 5.78 Å². The zero-order valence-corrected chi connectivity index (χ0v) is 18.7. The van der Waals surface area contributed by atoms with Crippen LogP contribution in [0.4, 0.5) is 4.79 Å². The van der Waals surface area contributed by atoms with Gasteiger partial charge < -0.3 is 9.88 Å². The quantitative estimate of drug-likeness (QED) is 0.370. The third-order valence-electron chi connectivity index (χ3n) is 7.16. The van der Waals surface area contributed by atoms with Gasteiger partial charge in [-0.2, -0.15) is 0 Å². The van der Waals surface area contributed by atoms with Crippen LogP contribution in [0.15, 0.2) is 78.9 Å². The minimum atomic E-state index is -1.07. The fourth-order valence-corrected chi connectivity index (χ4v) is 5.57. The topological polar surface area (TPSA) is 71.4 Å². The molecule has 6 rings (SSSR count). The largest absolute Gasteiger partial charge is 0.343 e. The molecule has 1 N–H and O–H groups in total. The number of imide groups is 1. The summed E-state index contributed by atoms with van der Waals surface area (Å²) in [6.45, 7) is -0.303. The Morgan fingerprint density at radius 3 is 2.47 bits per heavy atom. The number of ketones is 1. The summed E-state index contributed by atoms with van der Waals surface area (Å²) in [5.74, 6) is -0.611. The van der Waals surface area contributed by atoms with Crippen LogP contribution >= 0.6 is 0 Å². The van der Waals surface area contributed by atoms with Crippen LogP contribution in [0.3, 0.4) is 0 Å². The number of hydrogen-bond donors (Lipinski definition) is 1. The van der Waals surface area contributed by atoms with Gasteiger partial charge in [-0.05, 0) is 35.6 Å². The van der Waals surface area contributed by atoms with E-state index in [1.807, 2.05) is 90.5 Å². The number of aromatic nitrogens is 1. The molecular weight excluding hydrogens is 426 g/mol. The number of para-hydroxylation sites is 1. The zero-order valence-electron chi connectivity index (χ0n) is 18.7. The number of nitrogens with one attached hydrogen (secondary N) is 1. The van der Waals surface area contributed by atoms with Gasteiger partial charge in [0, 0.05) is 18.0 Å². The molecule has 0 saturated carbocycles. The van der Waals surface area contributed by atoms with E-state index in [0.29, 0.717) is 18.4 Å². The van der Waals surface area contributed by atoms with Gasteiger partial charge in [-0.15, -0.1) is 0 Å². The number of fused-ring (bicyclic) bond motifs is 3. The third kappa shape index (κ3) is 2.78. The molecular formula is C28H23N3O3. The van der Waals surface area contributed by atoms with Crippen LogP contribution in [0.2, 0.25) is 0 Å². The predicted octanol–water partition coefficient (Wildman–Crippen LogP) is 4.42. The van der Waals surface area contributed by atoms with E-state index in [9.17, 15) is 14.4 Å². The molecule has 2 heterocycles. The van der Waals surface area contributed by atoms with E-state index >= 15 is 0 Å². The van der Waals surface area contributed by atoms with Crippen LogP contribution in [0.5, 0.6) is 0 Å². The van der Waals surface area contributed by atoms with Crippen molar-refractivity contribution in [1.82, 2.24) is 14.8 Å². The number of carbonyl (C=O) groups is 3. The third-order valence-corrected chi connectivity index (χ3v) is 7.16. The minimum Gasteiger partial charge on any atom is -0.343 e. The Bertz CT molecular complexity index is 1490. The van der Waals surface area contributed by atoms with Crippen LogP contribution < -0.4 is 5.32 Å². The Kier molecular flexibility index (Phi) is 4.45. The molecule has 1 aliphatic heterocycles. The normalized spacial score (nSPS) is 19.1. The molecule has 34 heavy (non-hydrogen) atoms. The fraction of sp³-hybridized carbons (Fsp3) is 0.179. The number of benzene rings is 3. The molecule has 0 radical (unpaired) electrons. The van der Waals surface area contributed by atoms with Gasteiger partial charge in [-0.25, -0.2) is 4.79 Å². The van der Waals surface area contributed by atoms with Gasteiger partial charge in [0.1, 0.15) is 5.54 Å². The molecule has 1 fully saturated rings. The second-order valence-corrected chi connectivity index (χ2v) is 8.97. The number of hydrogen-bond acceptors (Lipinski definition) is 3. The van der Waals surface area contributed by atoms with E-state index in [0.717, 1.165) is 38.2 Å². The van der Waals surface area contributed by atoms with Crippen molar-refractivity contribution in [3.8, 4) is 11.3 Å². The van der Waals surface area contributed by atoms with Gasteiger partial charge in [0.05, 0.1) is 17.8 Å². The lowest BCUT2D eigenvalue weighted by Crippen LogP contribution is -2.42. The maximum Gasteiger partial charge on any atom is 0.325 e. The van der Waals surface area contributed by atoms with Crippen LogP contribution in [-0.4, -0.2) is 33.7 Å². The van der Waals surface area contributed by atoms with E-state index in [-0.39, 0.29) is 18.2 Å². The highest BCUT2D eigenvalue weighted by Gasteiger charge is 2.55. The smallest absolute Gasteiger partial charge is 0.325 e. The molecule has 1 aliphatic carbocycles. The van der Waals surface area contributed by atoms with Gasteiger partial charge in [0.2, 0.25) is 0 Å². The van der Waals surface area contributed by atoms with Crippen molar-refractivity contribution in [2.75, 3.05) is 6.54 Å².